The number of hydrogen-bond acceptors (Lipinski definition) is 5. The number of thiazole rings is 1. The van der Waals surface area contributed by atoms with Gasteiger partial charge in [-0.3, -0.25) is 0 Å². The molecule has 1 aromatic heterocycles. The Bertz CT molecular complexity index is 488. The molecule has 0 amide bonds. The summed E-state index contributed by atoms with van der Waals surface area (Å²) in [5.41, 5.74) is 0. The molecule has 2 rings (SSSR count). The minimum Gasteiger partial charge on any atom is -0.302 e. The molecule has 1 unspecified atom stereocenters. The van der Waals surface area contributed by atoms with Gasteiger partial charge < -0.3 is 4.90 Å². The van der Waals surface area contributed by atoms with E-state index in [0.29, 0.717) is 6.54 Å². The zero-order valence-corrected chi connectivity index (χ0v) is 11.8. The molecule has 1 N–H and O–H groups in total. The highest BCUT2D eigenvalue weighted by Gasteiger charge is 2.24. The fourth-order valence-electron chi connectivity index (χ4n) is 1.88. The number of nitrogens with zero attached hydrogens (tertiary/aromatic N) is 2. The van der Waals surface area contributed by atoms with Crippen molar-refractivity contribution in [2.75, 3.05) is 20.1 Å². The molecule has 17 heavy (non-hydrogen) atoms. The van der Waals surface area contributed by atoms with Gasteiger partial charge in [0.15, 0.2) is 8.68 Å². The van der Waals surface area contributed by atoms with Crippen LogP contribution < -0.4 is 4.72 Å². The summed E-state index contributed by atoms with van der Waals surface area (Å²) in [6.07, 6.45) is 3.44. The van der Waals surface area contributed by atoms with E-state index < -0.39 is 10.0 Å². The fourth-order valence-corrected chi connectivity index (χ4v) is 4.29. The van der Waals surface area contributed by atoms with E-state index in [9.17, 15) is 8.42 Å². The van der Waals surface area contributed by atoms with E-state index >= 15 is 0 Å². The first-order chi connectivity index (χ1) is 7.99. The van der Waals surface area contributed by atoms with E-state index in [1.54, 1.807) is 0 Å². The third-order valence-electron chi connectivity index (χ3n) is 2.90. The van der Waals surface area contributed by atoms with Gasteiger partial charge in [0.05, 0.1) is 6.20 Å². The van der Waals surface area contributed by atoms with Gasteiger partial charge in [0.2, 0.25) is 0 Å². The monoisotopic (exact) mass is 295 g/mol. The fraction of sp³-hybridized carbons (Fsp3) is 0.667. The van der Waals surface area contributed by atoms with Crippen LogP contribution in [0, 0.1) is 0 Å². The largest absolute Gasteiger partial charge is 0.302 e. The van der Waals surface area contributed by atoms with Crippen molar-refractivity contribution < 1.29 is 8.42 Å². The molecule has 1 aromatic rings. The summed E-state index contributed by atoms with van der Waals surface area (Å²) in [5, 5.41) is 0. The van der Waals surface area contributed by atoms with Crippen LogP contribution in [-0.2, 0) is 10.0 Å². The van der Waals surface area contributed by atoms with E-state index in [1.165, 1.54) is 6.20 Å². The van der Waals surface area contributed by atoms with Crippen molar-refractivity contribution in [3.63, 3.8) is 0 Å². The van der Waals surface area contributed by atoms with Crippen LogP contribution in [0.5, 0.6) is 0 Å². The molecule has 2 heterocycles. The quantitative estimate of drug-likeness (QED) is 0.906. The standard InChI is InChI=1S/C9H14ClN3O2S2/c1-13-4-2-3-7(13)5-12-17(14,15)8-6-11-9(10)16-8/h6-7,12H,2-5H2,1H3. The Labute approximate surface area is 110 Å². The van der Waals surface area contributed by atoms with Crippen LogP contribution in [0.2, 0.25) is 4.47 Å². The molecule has 0 aromatic carbocycles. The van der Waals surface area contributed by atoms with Gasteiger partial charge in [0, 0.05) is 12.6 Å². The maximum Gasteiger partial charge on any atom is 0.251 e. The smallest absolute Gasteiger partial charge is 0.251 e. The van der Waals surface area contributed by atoms with Crippen LogP contribution in [0.4, 0.5) is 0 Å². The molecule has 1 fully saturated rings. The minimum absolute atomic E-state index is 0.170. The number of hydrogen-bond donors (Lipinski definition) is 1. The molecule has 8 heteroatoms. The molecule has 1 atom stereocenters. The Hall–Kier alpha value is -0.210. The van der Waals surface area contributed by atoms with Crippen LogP contribution in [0.3, 0.4) is 0 Å². The van der Waals surface area contributed by atoms with Crippen LogP contribution in [-0.4, -0.2) is 44.5 Å². The van der Waals surface area contributed by atoms with Gasteiger partial charge in [0.1, 0.15) is 0 Å². The number of rotatable bonds is 4. The molecular formula is C9H14ClN3O2S2. The molecular weight excluding hydrogens is 282 g/mol. The molecule has 1 aliphatic rings. The summed E-state index contributed by atoms with van der Waals surface area (Å²) < 4.78 is 26.8. The summed E-state index contributed by atoms with van der Waals surface area (Å²) in [5.74, 6) is 0. The lowest BCUT2D eigenvalue weighted by molar-refractivity contribution is 0.311. The van der Waals surface area contributed by atoms with E-state index in [-0.39, 0.29) is 14.7 Å². The van der Waals surface area contributed by atoms with Crippen molar-refractivity contribution in [3.8, 4) is 0 Å². The van der Waals surface area contributed by atoms with Gasteiger partial charge in [-0.1, -0.05) is 22.9 Å². The van der Waals surface area contributed by atoms with Gasteiger partial charge in [-0.2, -0.15) is 0 Å². The lowest BCUT2D eigenvalue weighted by Gasteiger charge is -2.19. The Kier molecular flexibility index (Phi) is 4.04. The Morgan fingerprint density at radius 2 is 2.47 bits per heavy atom. The lowest BCUT2D eigenvalue weighted by atomic mass is 10.2. The predicted molar refractivity (Wildman–Crippen MR) is 68.0 cm³/mol. The first-order valence-corrected chi connectivity index (χ1v) is 7.98. The maximum atomic E-state index is 11.9. The predicted octanol–water partition coefficient (Wildman–Crippen LogP) is 1.17. The van der Waals surface area contributed by atoms with Crippen molar-refractivity contribution in [3.05, 3.63) is 10.7 Å². The van der Waals surface area contributed by atoms with Crippen molar-refractivity contribution in [1.29, 1.82) is 0 Å². The highest BCUT2D eigenvalue weighted by Crippen LogP contribution is 2.22. The van der Waals surface area contributed by atoms with Crippen LogP contribution >= 0.6 is 22.9 Å². The van der Waals surface area contributed by atoms with Gasteiger partial charge in [0.25, 0.3) is 10.0 Å². The second-order valence-corrected chi connectivity index (χ2v) is 7.67. The molecule has 1 saturated heterocycles. The number of sulfonamides is 1. The number of likely N-dealkylation sites (tertiary alicyclic amines) is 1. The summed E-state index contributed by atoms with van der Waals surface area (Å²) in [6.45, 7) is 1.47. The molecule has 1 aliphatic heterocycles. The summed E-state index contributed by atoms with van der Waals surface area (Å²) in [4.78, 5) is 5.90. The molecule has 0 bridgehead atoms. The third-order valence-corrected chi connectivity index (χ3v) is 5.90. The second-order valence-electron chi connectivity index (χ2n) is 4.06. The highest BCUT2D eigenvalue weighted by molar-refractivity contribution is 7.91. The van der Waals surface area contributed by atoms with Crippen molar-refractivity contribution >= 4 is 33.0 Å². The Balaban J connectivity index is 1.98. The molecule has 5 nitrogen and oxygen atoms in total. The van der Waals surface area contributed by atoms with E-state index in [4.69, 9.17) is 11.6 Å². The van der Waals surface area contributed by atoms with Crippen LogP contribution in [0.1, 0.15) is 12.8 Å². The van der Waals surface area contributed by atoms with Crippen LogP contribution in [0.25, 0.3) is 0 Å². The molecule has 96 valence electrons. The molecule has 0 saturated carbocycles. The summed E-state index contributed by atoms with van der Waals surface area (Å²) >= 11 is 6.59. The Morgan fingerprint density at radius 3 is 3.00 bits per heavy atom. The average molecular weight is 296 g/mol. The second kappa shape index (κ2) is 5.19. The number of halogens is 1. The number of likely N-dealkylation sites (N-methyl/N-ethyl adjacent to an activating group) is 1. The third kappa shape index (κ3) is 3.17. The van der Waals surface area contributed by atoms with Crippen molar-refractivity contribution in [1.82, 2.24) is 14.6 Å². The average Bonchev–Trinajstić information content (AvgIpc) is 2.85. The SMILES string of the molecule is CN1CCCC1CNS(=O)(=O)c1cnc(Cl)s1. The highest BCUT2D eigenvalue weighted by atomic mass is 35.5. The van der Waals surface area contributed by atoms with Crippen molar-refractivity contribution in [2.24, 2.45) is 0 Å². The zero-order chi connectivity index (χ0) is 12.5. The van der Waals surface area contributed by atoms with E-state index in [2.05, 4.69) is 14.6 Å². The Morgan fingerprint density at radius 1 is 1.71 bits per heavy atom. The van der Waals surface area contributed by atoms with E-state index in [0.717, 1.165) is 30.7 Å². The molecule has 0 radical (unpaired) electrons. The molecule has 0 spiro atoms. The summed E-state index contributed by atoms with van der Waals surface area (Å²) in [6, 6.07) is 0.285. The van der Waals surface area contributed by atoms with Gasteiger partial charge in [-0.15, -0.1) is 0 Å². The topological polar surface area (TPSA) is 62.3 Å². The number of aromatic nitrogens is 1. The van der Waals surface area contributed by atoms with Gasteiger partial charge in [-0.25, -0.2) is 18.1 Å². The number of nitrogens with one attached hydrogen (secondary N) is 1. The summed E-state index contributed by atoms with van der Waals surface area (Å²) in [7, 11) is -1.45. The lowest BCUT2D eigenvalue weighted by Crippen LogP contribution is -2.37. The van der Waals surface area contributed by atoms with Gasteiger partial charge >= 0.3 is 0 Å². The first-order valence-electron chi connectivity index (χ1n) is 5.30. The van der Waals surface area contributed by atoms with E-state index in [1.807, 2.05) is 7.05 Å². The maximum absolute atomic E-state index is 11.9. The van der Waals surface area contributed by atoms with Gasteiger partial charge in [-0.05, 0) is 26.4 Å². The zero-order valence-electron chi connectivity index (χ0n) is 9.39. The minimum atomic E-state index is -3.46. The normalized spacial score (nSPS) is 22.1. The van der Waals surface area contributed by atoms with Crippen molar-refractivity contribution in [2.45, 2.75) is 23.1 Å². The molecule has 0 aliphatic carbocycles. The van der Waals surface area contributed by atoms with Crippen LogP contribution in [0.15, 0.2) is 10.4 Å². The first kappa shape index (κ1) is 13.2.